The summed E-state index contributed by atoms with van der Waals surface area (Å²) in [7, 11) is -2.43. The van der Waals surface area contributed by atoms with Crippen molar-refractivity contribution in [3.63, 3.8) is 0 Å². The van der Waals surface area contributed by atoms with Gasteiger partial charge in [-0.2, -0.15) is 0 Å². The molecule has 4 rings (SSSR count). The van der Waals surface area contributed by atoms with Gasteiger partial charge in [-0.05, 0) is 48.9 Å². The first-order chi connectivity index (χ1) is 16.3. The number of hydrogen-bond acceptors (Lipinski definition) is 6. The quantitative estimate of drug-likeness (QED) is 0.355. The molecule has 174 valence electrons. The maximum atomic E-state index is 13.0. The number of ether oxygens (including phenoxy) is 1. The lowest BCUT2D eigenvalue weighted by Crippen LogP contribution is -2.16. The molecular weight excluding hydrogens is 478 g/mol. The van der Waals surface area contributed by atoms with Crippen LogP contribution in [0.1, 0.15) is 16.1 Å². The van der Waals surface area contributed by atoms with Crippen molar-refractivity contribution in [1.82, 2.24) is 5.16 Å². The maximum absolute atomic E-state index is 13.0. The Morgan fingerprint density at radius 1 is 1.03 bits per heavy atom. The van der Waals surface area contributed by atoms with E-state index in [1.165, 1.54) is 19.2 Å². The number of methoxy groups -OCH3 is 1. The molecule has 0 fully saturated rings. The van der Waals surface area contributed by atoms with Gasteiger partial charge in [0.1, 0.15) is 5.75 Å². The summed E-state index contributed by atoms with van der Waals surface area (Å²) in [5.41, 5.74) is 1.70. The van der Waals surface area contributed by atoms with E-state index in [4.69, 9.17) is 20.9 Å². The number of anilines is 2. The number of rotatable bonds is 7. The number of benzene rings is 3. The molecule has 0 saturated carbocycles. The van der Waals surface area contributed by atoms with Crippen LogP contribution in [0, 0.1) is 6.92 Å². The molecule has 10 heteroatoms. The number of aryl methyl sites for hydroxylation is 1. The van der Waals surface area contributed by atoms with Crippen LogP contribution < -0.4 is 14.8 Å². The summed E-state index contributed by atoms with van der Waals surface area (Å²) in [5, 5.41) is 6.75. The van der Waals surface area contributed by atoms with E-state index in [2.05, 4.69) is 15.2 Å². The Morgan fingerprint density at radius 2 is 1.76 bits per heavy atom. The number of hydrogen-bond donors (Lipinski definition) is 2. The highest BCUT2D eigenvalue weighted by molar-refractivity contribution is 7.92. The predicted molar refractivity (Wildman–Crippen MR) is 130 cm³/mol. The Bertz CT molecular complexity index is 1470. The highest BCUT2D eigenvalue weighted by Gasteiger charge is 2.21. The number of carbonyl (C=O) groups excluding carboxylic acids is 1. The molecule has 8 nitrogen and oxygen atoms in total. The van der Waals surface area contributed by atoms with E-state index in [-0.39, 0.29) is 27.0 Å². The number of nitrogens with zero attached hydrogens (tertiary/aromatic N) is 1. The molecule has 1 amide bonds. The number of para-hydroxylation sites is 2. The molecule has 0 aliphatic rings. The van der Waals surface area contributed by atoms with Crippen molar-refractivity contribution in [2.75, 3.05) is 17.1 Å². The third-order valence-electron chi connectivity index (χ3n) is 4.97. The molecular formula is C24H20ClN3O5S. The lowest BCUT2D eigenvalue weighted by Gasteiger charge is -2.13. The van der Waals surface area contributed by atoms with Crippen molar-refractivity contribution in [1.29, 1.82) is 0 Å². The number of sulfonamides is 1. The van der Waals surface area contributed by atoms with E-state index >= 15 is 0 Å². The van der Waals surface area contributed by atoms with E-state index in [1.807, 2.05) is 12.1 Å². The molecule has 34 heavy (non-hydrogen) atoms. The first-order valence-electron chi connectivity index (χ1n) is 10.1. The van der Waals surface area contributed by atoms with E-state index in [1.54, 1.807) is 55.5 Å². The van der Waals surface area contributed by atoms with E-state index in [0.717, 1.165) is 0 Å². The molecule has 1 aromatic heterocycles. The van der Waals surface area contributed by atoms with Gasteiger partial charge in [-0.1, -0.05) is 47.1 Å². The zero-order valence-corrected chi connectivity index (χ0v) is 19.8. The van der Waals surface area contributed by atoms with Crippen LogP contribution in [0.2, 0.25) is 5.02 Å². The van der Waals surface area contributed by atoms with Crippen LogP contribution in [0.4, 0.5) is 11.4 Å². The molecule has 3 aromatic carbocycles. The van der Waals surface area contributed by atoms with Crippen molar-refractivity contribution in [3.05, 3.63) is 89.1 Å². The van der Waals surface area contributed by atoms with Crippen LogP contribution in [0.15, 0.2) is 82.2 Å². The first kappa shape index (κ1) is 23.3. The maximum Gasteiger partial charge on any atom is 0.277 e. The molecule has 0 aliphatic heterocycles. The number of aromatic nitrogens is 1. The molecule has 2 N–H and O–H groups in total. The van der Waals surface area contributed by atoms with Gasteiger partial charge in [0.05, 0.1) is 28.3 Å². The zero-order chi connectivity index (χ0) is 24.3. The van der Waals surface area contributed by atoms with Crippen LogP contribution in [0.5, 0.6) is 5.75 Å². The third-order valence-corrected chi connectivity index (χ3v) is 6.81. The summed E-state index contributed by atoms with van der Waals surface area (Å²) in [6.45, 7) is 1.66. The molecule has 0 spiro atoms. The Balaban J connectivity index is 1.56. The van der Waals surface area contributed by atoms with Crippen LogP contribution in [-0.4, -0.2) is 26.6 Å². The smallest absolute Gasteiger partial charge is 0.277 e. The van der Waals surface area contributed by atoms with Crippen molar-refractivity contribution < 1.29 is 22.5 Å². The molecule has 0 radical (unpaired) electrons. The number of nitrogens with one attached hydrogen (secondary N) is 2. The largest absolute Gasteiger partial charge is 0.496 e. The average Bonchev–Trinajstić information content (AvgIpc) is 3.32. The zero-order valence-electron chi connectivity index (χ0n) is 18.2. The summed E-state index contributed by atoms with van der Waals surface area (Å²) in [5.74, 6) is 0.375. The van der Waals surface area contributed by atoms with Crippen LogP contribution in [-0.2, 0) is 10.0 Å². The van der Waals surface area contributed by atoms with Crippen molar-refractivity contribution in [2.45, 2.75) is 11.8 Å². The van der Waals surface area contributed by atoms with E-state index in [0.29, 0.717) is 22.6 Å². The Labute approximate surface area is 201 Å². The second kappa shape index (κ2) is 9.58. The predicted octanol–water partition coefficient (Wildman–Crippen LogP) is 5.37. The fourth-order valence-electron chi connectivity index (χ4n) is 3.26. The SMILES string of the molecule is COc1ccccc1-c1cc(C(=O)Nc2ccc(C)c(S(=O)(=O)Nc3ccccc3Cl)c2)no1. The van der Waals surface area contributed by atoms with Gasteiger partial charge < -0.3 is 14.6 Å². The van der Waals surface area contributed by atoms with Gasteiger partial charge >= 0.3 is 0 Å². The average molecular weight is 498 g/mol. The summed E-state index contributed by atoms with van der Waals surface area (Å²) in [6, 6.07) is 19.7. The lowest BCUT2D eigenvalue weighted by atomic mass is 10.1. The summed E-state index contributed by atoms with van der Waals surface area (Å²) >= 11 is 6.08. The molecule has 0 atom stereocenters. The van der Waals surface area contributed by atoms with Crippen molar-refractivity contribution in [3.8, 4) is 17.1 Å². The van der Waals surface area contributed by atoms with Crippen molar-refractivity contribution >= 4 is 38.9 Å². The highest BCUT2D eigenvalue weighted by atomic mass is 35.5. The third kappa shape index (κ3) is 4.90. The molecule has 0 bridgehead atoms. The van der Waals surface area contributed by atoms with Gasteiger partial charge in [0.2, 0.25) is 0 Å². The minimum absolute atomic E-state index is 0.0000773. The monoisotopic (exact) mass is 497 g/mol. The first-order valence-corrected chi connectivity index (χ1v) is 11.9. The Hall–Kier alpha value is -3.82. The van der Waals surface area contributed by atoms with Gasteiger partial charge in [0.25, 0.3) is 15.9 Å². The topological polar surface area (TPSA) is 111 Å². The molecule has 0 unspecified atom stereocenters. The Morgan fingerprint density at radius 3 is 2.53 bits per heavy atom. The van der Waals surface area contributed by atoms with Gasteiger partial charge in [0.15, 0.2) is 11.5 Å². The second-order valence-electron chi connectivity index (χ2n) is 7.30. The van der Waals surface area contributed by atoms with Gasteiger partial charge in [-0.3, -0.25) is 9.52 Å². The molecule has 4 aromatic rings. The van der Waals surface area contributed by atoms with Gasteiger partial charge in [-0.25, -0.2) is 8.42 Å². The van der Waals surface area contributed by atoms with Crippen molar-refractivity contribution in [2.24, 2.45) is 0 Å². The second-order valence-corrected chi connectivity index (χ2v) is 9.35. The fourth-order valence-corrected chi connectivity index (χ4v) is 4.85. The number of halogens is 1. The Kier molecular flexibility index (Phi) is 6.58. The summed E-state index contributed by atoms with van der Waals surface area (Å²) < 4.78 is 39.1. The minimum Gasteiger partial charge on any atom is -0.496 e. The minimum atomic E-state index is -3.96. The fraction of sp³-hybridized carbons (Fsp3) is 0.0833. The standard InChI is InChI=1S/C24H20ClN3O5S/c1-15-11-12-16(13-23(15)34(30,31)28-19-9-5-4-8-18(19)25)26-24(29)20-14-22(33-27-20)17-7-3-6-10-21(17)32-2/h3-14,28H,1-2H3,(H,26,29). The molecule has 1 heterocycles. The van der Waals surface area contributed by atoms with E-state index in [9.17, 15) is 13.2 Å². The van der Waals surface area contributed by atoms with Gasteiger partial charge in [0, 0.05) is 11.8 Å². The lowest BCUT2D eigenvalue weighted by molar-refractivity contribution is 0.101. The van der Waals surface area contributed by atoms with E-state index < -0.39 is 15.9 Å². The summed E-state index contributed by atoms with van der Waals surface area (Å²) in [6.07, 6.45) is 0. The van der Waals surface area contributed by atoms with Crippen LogP contribution >= 0.6 is 11.6 Å². The normalized spacial score (nSPS) is 11.1. The van der Waals surface area contributed by atoms with Gasteiger partial charge in [-0.15, -0.1) is 0 Å². The van der Waals surface area contributed by atoms with Crippen LogP contribution in [0.3, 0.4) is 0 Å². The molecule has 0 aliphatic carbocycles. The number of carbonyl (C=O) groups is 1. The highest BCUT2D eigenvalue weighted by Crippen LogP contribution is 2.30. The molecule has 0 saturated heterocycles. The number of amides is 1. The summed E-state index contributed by atoms with van der Waals surface area (Å²) in [4.78, 5) is 12.7. The van der Waals surface area contributed by atoms with Crippen LogP contribution in [0.25, 0.3) is 11.3 Å².